The van der Waals surface area contributed by atoms with E-state index in [9.17, 15) is 0 Å². The number of rotatable bonds is 3. The minimum absolute atomic E-state index is 0.0665. The summed E-state index contributed by atoms with van der Waals surface area (Å²) in [5.74, 6) is 1.03. The maximum Gasteiger partial charge on any atom is 0.139 e. The molecule has 4 rings (SSSR count). The number of morpholine rings is 1. The van der Waals surface area contributed by atoms with Gasteiger partial charge in [-0.25, -0.2) is 4.98 Å². The predicted octanol–water partition coefficient (Wildman–Crippen LogP) is 3.52. The van der Waals surface area contributed by atoms with Crippen LogP contribution >= 0.6 is 11.3 Å². The van der Waals surface area contributed by atoms with Gasteiger partial charge in [0.05, 0.1) is 12.3 Å². The number of hydrogen-bond acceptors (Lipinski definition) is 4. The number of imidazole rings is 1. The van der Waals surface area contributed by atoms with Gasteiger partial charge in [0.1, 0.15) is 11.9 Å². The van der Waals surface area contributed by atoms with Gasteiger partial charge in [0.2, 0.25) is 0 Å². The zero-order valence-corrected chi connectivity index (χ0v) is 14.3. The summed E-state index contributed by atoms with van der Waals surface area (Å²) in [4.78, 5) is 8.52. The molecule has 5 heteroatoms. The molecule has 1 aromatic carbocycles. The van der Waals surface area contributed by atoms with Crippen LogP contribution in [0.2, 0.25) is 0 Å². The Hall–Kier alpha value is -1.69. The van der Waals surface area contributed by atoms with Crippen molar-refractivity contribution in [2.75, 3.05) is 19.7 Å². The van der Waals surface area contributed by atoms with E-state index in [1.54, 1.807) is 0 Å². The van der Waals surface area contributed by atoms with E-state index < -0.39 is 0 Å². The molecule has 0 N–H and O–H groups in total. The van der Waals surface area contributed by atoms with Crippen molar-refractivity contribution < 1.29 is 4.74 Å². The van der Waals surface area contributed by atoms with E-state index in [1.807, 2.05) is 25.3 Å². The Bertz CT molecular complexity index is 790. The number of thiophene rings is 1. The summed E-state index contributed by atoms with van der Waals surface area (Å²) in [5, 5.41) is 1.34. The molecule has 0 bridgehead atoms. The molecular formula is C18H21N3OS. The molecule has 3 aromatic rings. The fraction of sp³-hybridized carbons (Fsp3) is 0.389. The van der Waals surface area contributed by atoms with Gasteiger partial charge in [-0.15, -0.1) is 11.3 Å². The first-order chi connectivity index (χ1) is 11.2. The van der Waals surface area contributed by atoms with E-state index in [4.69, 9.17) is 4.74 Å². The highest BCUT2D eigenvalue weighted by molar-refractivity contribution is 7.19. The van der Waals surface area contributed by atoms with E-state index in [0.717, 1.165) is 37.8 Å². The first-order valence-electron chi connectivity index (χ1n) is 8.00. The lowest BCUT2D eigenvalue weighted by Gasteiger charge is -2.32. The molecule has 1 aliphatic heterocycles. The van der Waals surface area contributed by atoms with Gasteiger partial charge in [-0.05, 0) is 24.4 Å². The Morgan fingerprint density at radius 3 is 3.00 bits per heavy atom. The third-order valence-electron chi connectivity index (χ3n) is 4.33. The highest BCUT2D eigenvalue weighted by Crippen LogP contribution is 2.28. The monoisotopic (exact) mass is 327 g/mol. The number of aryl methyl sites for hydroxylation is 2. The van der Waals surface area contributed by atoms with Crippen molar-refractivity contribution in [1.29, 1.82) is 0 Å². The summed E-state index contributed by atoms with van der Waals surface area (Å²) in [5.41, 5.74) is 1.05. The Balaban J connectivity index is 1.50. The Labute approximate surface area is 140 Å². The van der Waals surface area contributed by atoms with Crippen molar-refractivity contribution >= 4 is 21.4 Å². The third kappa shape index (κ3) is 3.04. The van der Waals surface area contributed by atoms with Crippen LogP contribution in [0, 0.1) is 6.92 Å². The molecule has 0 saturated carbocycles. The quantitative estimate of drug-likeness (QED) is 0.737. The second kappa shape index (κ2) is 6.07. The van der Waals surface area contributed by atoms with Crippen LogP contribution < -0.4 is 0 Å². The van der Waals surface area contributed by atoms with E-state index in [-0.39, 0.29) is 6.10 Å². The minimum atomic E-state index is 0.0665. The van der Waals surface area contributed by atoms with Gasteiger partial charge in [0, 0.05) is 42.5 Å². The molecule has 3 heterocycles. The van der Waals surface area contributed by atoms with Crippen LogP contribution in [-0.2, 0) is 18.3 Å². The Morgan fingerprint density at radius 1 is 1.35 bits per heavy atom. The Morgan fingerprint density at radius 2 is 2.22 bits per heavy atom. The number of ether oxygens (including phenoxy) is 1. The fourth-order valence-electron chi connectivity index (χ4n) is 3.27. The maximum atomic E-state index is 5.96. The zero-order valence-electron chi connectivity index (χ0n) is 13.5. The predicted molar refractivity (Wildman–Crippen MR) is 93.7 cm³/mol. The maximum absolute atomic E-state index is 5.96. The SMILES string of the molecule is Cc1cn(C)c(C2CN(Cc3cc4ccccc4s3)CCO2)n1. The van der Waals surface area contributed by atoms with Crippen LogP contribution in [0.25, 0.3) is 10.1 Å². The minimum Gasteiger partial charge on any atom is -0.368 e. The highest BCUT2D eigenvalue weighted by atomic mass is 32.1. The largest absolute Gasteiger partial charge is 0.368 e. The molecule has 1 unspecified atom stereocenters. The topological polar surface area (TPSA) is 30.3 Å². The summed E-state index contributed by atoms with van der Waals surface area (Å²) in [6.07, 6.45) is 2.13. The summed E-state index contributed by atoms with van der Waals surface area (Å²) < 4.78 is 9.42. The second-order valence-electron chi connectivity index (χ2n) is 6.20. The molecule has 1 saturated heterocycles. The van der Waals surface area contributed by atoms with Gasteiger partial charge < -0.3 is 9.30 Å². The molecule has 23 heavy (non-hydrogen) atoms. The van der Waals surface area contributed by atoms with Gasteiger partial charge in [-0.1, -0.05) is 18.2 Å². The summed E-state index contributed by atoms with van der Waals surface area (Å²) in [6.45, 7) is 5.66. The molecular weight excluding hydrogens is 306 g/mol. The lowest BCUT2D eigenvalue weighted by molar-refractivity contribution is -0.0381. The van der Waals surface area contributed by atoms with Crippen molar-refractivity contribution in [2.45, 2.75) is 19.6 Å². The van der Waals surface area contributed by atoms with Gasteiger partial charge in [-0.2, -0.15) is 0 Å². The average molecular weight is 327 g/mol. The van der Waals surface area contributed by atoms with Gasteiger partial charge in [0.25, 0.3) is 0 Å². The number of fused-ring (bicyclic) bond motifs is 1. The molecule has 1 aliphatic rings. The molecule has 4 nitrogen and oxygen atoms in total. The standard InChI is InChI=1S/C18H21N3OS/c1-13-10-20(2)18(19-13)16-12-21(7-8-22-16)11-15-9-14-5-3-4-6-17(14)23-15/h3-6,9-10,16H,7-8,11-12H2,1-2H3. The van der Waals surface area contributed by atoms with Gasteiger partial charge in [-0.3, -0.25) is 4.90 Å². The Kier molecular flexibility index (Phi) is 3.93. The average Bonchev–Trinajstić information content (AvgIpc) is 3.09. The molecule has 120 valence electrons. The summed E-state index contributed by atoms with van der Waals surface area (Å²) in [7, 11) is 2.05. The number of nitrogens with zero attached hydrogens (tertiary/aromatic N) is 3. The van der Waals surface area contributed by atoms with Gasteiger partial charge in [0.15, 0.2) is 0 Å². The van der Waals surface area contributed by atoms with E-state index in [1.165, 1.54) is 15.0 Å². The normalized spacial score (nSPS) is 19.5. The van der Waals surface area contributed by atoms with Crippen LogP contribution in [0.4, 0.5) is 0 Å². The van der Waals surface area contributed by atoms with Crippen molar-refractivity contribution in [2.24, 2.45) is 7.05 Å². The molecule has 2 aromatic heterocycles. The number of aromatic nitrogens is 2. The van der Waals surface area contributed by atoms with Crippen molar-refractivity contribution in [1.82, 2.24) is 14.5 Å². The number of benzene rings is 1. The molecule has 1 fully saturated rings. The van der Waals surface area contributed by atoms with Crippen LogP contribution in [0.5, 0.6) is 0 Å². The first-order valence-corrected chi connectivity index (χ1v) is 8.82. The van der Waals surface area contributed by atoms with E-state index in [2.05, 4.69) is 51.0 Å². The van der Waals surface area contributed by atoms with Gasteiger partial charge >= 0.3 is 0 Å². The summed E-state index contributed by atoms with van der Waals surface area (Å²) >= 11 is 1.89. The number of hydrogen-bond donors (Lipinski definition) is 0. The highest BCUT2D eigenvalue weighted by Gasteiger charge is 2.25. The van der Waals surface area contributed by atoms with Crippen LogP contribution in [0.3, 0.4) is 0 Å². The molecule has 0 radical (unpaired) electrons. The van der Waals surface area contributed by atoms with Crippen LogP contribution in [0.1, 0.15) is 22.5 Å². The lowest BCUT2D eigenvalue weighted by atomic mass is 10.2. The zero-order chi connectivity index (χ0) is 15.8. The lowest BCUT2D eigenvalue weighted by Crippen LogP contribution is -2.38. The van der Waals surface area contributed by atoms with E-state index >= 15 is 0 Å². The molecule has 0 amide bonds. The van der Waals surface area contributed by atoms with Crippen LogP contribution in [0.15, 0.2) is 36.5 Å². The molecule has 1 atom stereocenters. The van der Waals surface area contributed by atoms with E-state index in [0.29, 0.717) is 0 Å². The summed E-state index contributed by atoms with van der Waals surface area (Å²) in [6, 6.07) is 10.9. The van der Waals surface area contributed by atoms with Crippen molar-refractivity contribution in [3.05, 3.63) is 52.9 Å². The van der Waals surface area contributed by atoms with Crippen LogP contribution in [-0.4, -0.2) is 34.1 Å². The van der Waals surface area contributed by atoms with Crippen molar-refractivity contribution in [3.63, 3.8) is 0 Å². The molecule has 0 spiro atoms. The third-order valence-corrected chi connectivity index (χ3v) is 5.43. The molecule has 0 aliphatic carbocycles. The van der Waals surface area contributed by atoms with Crippen molar-refractivity contribution in [3.8, 4) is 0 Å². The smallest absolute Gasteiger partial charge is 0.139 e. The second-order valence-corrected chi connectivity index (χ2v) is 7.36. The first kappa shape index (κ1) is 14.9. The fourth-order valence-corrected chi connectivity index (χ4v) is 4.38.